The lowest BCUT2D eigenvalue weighted by Crippen LogP contribution is -2.55. The van der Waals surface area contributed by atoms with E-state index in [0.29, 0.717) is 0 Å². The molecule has 0 atom stereocenters. The van der Waals surface area contributed by atoms with Crippen LogP contribution in [0.25, 0.3) is 121 Å². The molecule has 0 N–H and O–H groups in total. The van der Waals surface area contributed by atoms with E-state index in [1.165, 1.54) is 269 Å². The van der Waals surface area contributed by atoms with E-state index >= 15 is 0 Å². The topological polar surface area (TPSA) is 9.72 Å². The number of rotatable bonds is 14. The van der Waals surface area contributed by atoms with Crippen LogP contribution < -0.4 is 14.7 Å². The molecule has 3 heteroatoms. The maximum absolute atomic E-state index is 2.63. The highest BCUT2D eigenvalue weighted by molar-refractivity contribution is 5.99. The van der Waals surface area contributed by atoms with E-state index in [9.17, 15) is 0 Å². The van der Waals surface area contributed by atoms with Crippen LogP contribution in [0.4, 0.5) is 51.2 Å². The maximum atomic E-state index is 2.63. The van der Waals surface area contributed by atoms with Gasteiger partial charge in [-0.1, -0.05) is 358 Å². The van der Waals surface area contributed by atoms with Crippen molar-refractivity contribution in [3.63, 3.8) is 0 Å². The van der Waals surface area contributed by atoms with E-state index in [2.05, 4.69) is 482 Å². The lowest BCUT2D eigenvalue weighted by molar-refractivity contribution is -0.0399. The van der Waals surface area contributed by atoms with E-state index in [1.807, 2.05) is 0 Å². The van der Waals surface area contributed by atoms with Crippen LogP contribution in [0.1, 0.15) is 130 Å². The Morgan fingerprint density at radius 1 is 0.136 bits per heavy atom. The molecule has 12 bridgehead atoms. The van der Waals surface area contributed by atoms with Gasteiger partial charge in [0, 0.05) is 67.3 Å². The van der Waals surface area contributed by atoms with Crippen LogP contribution >= 0.6 is 0 Å². The van der Waals surface area contributed by atoms with Gasteiger partial charge in [0.25, 0.3) is 0 Å². The SMILES string of the molecule is c1ccc(-c2ccc(-c3ccc(N(c4ccc5c(c4)C4(c6ccccc6-5)C5CC6CC(C5)CC4C6)c4ccc5ccccc5c4)cc3)cc2)cc1.c1ccc(-c2ccc(N(c3ccc4c(c3)C3(c5ccccc5-4)C4CC5CC(C4)CC3C5)c3ccc4ccccc4c3)c(-c3ccccc3)c2)cc1.c1ccc(-c2cccc(N(c3ccc4c(c3)C3(c5ccccc5-4)C4CC5CC(C4)CC3C5)c3ccc4ccccc4c3)c2)cc1. The summed E-state index contributed by atoms with van der Waals surface area (Å²) in [6.45, 7) is 0. The Balaban J connectivity index is 0.000000102. The van der Waals surface area contributed by atoms with Gasteiger partial charge in [-0.3, -0.25) is 0 Å². The standard InChI is InChI=1S/2C50H41N.C44H37N/c1-3-11-35(12-4-1)39-20-24-49(46(31-39)37-14-5-2-6-15-37)51(42-21-19-36-13-7-8-16-38(36)30-42)43-22-23-45-44-17-9-10-18-47(44)50(48(45)32-43)40-26-33-25-34(28-40)29-41(50)27-33;1-2-8-35(9-3-1)37-14-16-38(17-15-37)39-18-21-43(22-19-39)51(44-23-20-36-10-4-5-11-40(36)31-44)45-24-25-47-46-12-6-7-13-48(46)50(49(47)32-45)41-27-33-26-34(29-41)30-42(50)28-33;1-2-9-31(10-3-1)34-13-8-14-37(26-34)45(38-18-17-32-11-4-5-12-33(32)27-38)39-19-20-41-40-15-6-7-16-42(40)44(43(41)28-39)35-22-29-21-30(24-35)25-36(44)23-29/h1-24,30-34,40-41H,25-29H2;1-25,31-34,41-42H,26-30H2;1-20,26-30,35-36H,21-25H2. The molecule has 710 valence electrons. The molecule has 12 fully saturated rings. The molecule has 0 radical (unpaired) electrons. The van der Waals surface area contributed by atoms with Gasteiger partial charge in [-0.15, -0.1) is 0 Å². The number of anilines is 9. The summed E-state index contributed by atoms with van der Waals surface area (Å²) in [5.41, 5.74) is 42.2. The second kappa shape index (κ2) is 34.9. The Bertz CT molecular complexity index is 8440. The number of nitrogens with zero attached hydrogens (tertiary/aromatic N) is 3. The van der Waals surface area contributed by atoms with Gasteiger partial charge >= 0.3 is 0 Å². The smallest absolute Gasteiger partial charge is 0.0540 e. The predicted molar refractivity (Wildman–Crippen MR) is 613 cm³/mol. The molecule has 12 saturated carbocycles. The third kappa shape index (κ3) is 14.1. The molecule has 0 heterocycles. The molecule has 0 amide bonds. The zero-order chi connectivity index (χ0) is 96.6. The molecule has 15 aliphatic carbocycles. The van der Waals surface area contributed by atoms with E-state index in [4.69, 9.17) is 0 Å². The van der Waals surface area contributed by atoms with E-state index in [-0.39, 0.29) is 16.2 Å². The fourth-order valence-corrected chi connectivity index (χ4v) is 33.2. The molecule has 20 aromatic rings. The van der Waals surface area contributed by atoms with Crippen LogP contribution in [0.15, 0.2) is 467 Å². The molecule has 0 saturated heterocycles. The number of benzene rings is 20. The number of fused-ring (bicyclic) bond motifs is 12. The highest BCUT2D eigenvalue weighted by Crippen LogP contribution is 2.74. The summed E-state index contributed by atoms with van der Waals surface area (Å²) >= 11 is 0. The van der Waals surface area contributed by atoms with Crippen molar-refractivity contribution in [2.75, 3.05) is 14.7 Å². The zero-order valence-corrected chi connectivity index (χ0v) is 83.3. The summed E-state index contributed by atoms with van der Waals surface area (Å²) in [4.78, 5) is 7.56. The summed E-state index contributed by atoms with van der Waals surface area (Å²) in [6.07, 6.45) is 21.2. The lowest BCUT2D eigenvalue weighted by Gasteiger charge is -2.61. The maximum Gasteiger partial charge on any atom is 0.0540 e. The minimum Gasteiger partial charge on any atom is -0.310 e. The first kappa shape index (κ1) is 87.0. The van der Waals surface area contributed by atoms with Crippen molar-refractivity contribution in [3.05, 3.63) is 500 Å². The molecular formula is C144H119N3. The van der Waals surface area contributed by atoms with Gasteiger partial charge < -0.3 is 14.7 Å². The summed E-state index contributed by atoms with van der Waals surface area (Å²) in [5.74, 6) is 10.0. The fourth-order valence-electron chi connectivity index (χ4n) is 33.2. The lowest BCUT2D eigenvalue weighted by atomic mass is 9.43. The van der Waals surface area contributed by atoms with Gasteiger partial charge in [-0.05, 0) is 426 Å². The van der Waals surface area contributed by atoms with Crippen LogP contribution in [0, 0.1) is 71.0 Å². The van der Waals surface area contributed by atoms with Crippen molar-refractivity contribution in [2.45, 2.75) is 113 Å². The van der Waals surface area contributed by atoms with E-state index in [1.54, 1.807) is 33.4 Å². The largest absolute Gasteiger partial charge is 0.310 e. The fraction of sp³-hybridized carbons (Fsp3) is 0.208. The second-order valence-corrected chi connectivity index (χ2v) is 45.8. The number of hydrogen-bond acceptors (Lipinski definition) is 3. The molecule has 0 aromatic heterocycles. The third-order valence-electron chi connectivity index (χ3n) is 38.5. The van der Waals surface area contributed by atoms with Crippen LogP contribution in [0.3, 0.4) is 0 Å². The highest BCUT2D eigenvalue weighted by Gasteiger charge is 2.65. The summed E-state index contributed by atoms with van der Waals surface area (Å²) in [6, 6.07) is 175. The number of hydrogen-bond donors (Lipinski definition) is 0. The predicted octanol–water partition coefficient (Wildman–Crippen LogP) is 38.4. The molecule has 3 nitrogen and oxygen atoms in total. The van der Waals surface area contributed by atoms with Crippen molar-refractivity contribution >= 4 is 83.5 Å². The Kier molecular flexibility index (Phi) is 20.7. The molecule has 15 aliphatic rings. The molecule has 0 aliphatic heterocycles. The minimum atomic E-state index is 0.115. The van der Waals surface area contributed by atoms with Crippen LogP contribution in [0.2, 0.25) is 0 Å². The molecule has 20 aromatic carbocycles. The van der Waals surface area contributed by atoms with Crippen molar-refractivity contribution in [3.8, 4) is 89.0 Å². The first-order valence-corrected chi connectivity index (χ1v) is 55.0. The Labute approximate surface area is 865 Å². The van der Waals surface area contributed by atoms with Crippen molar-refractivity contribution in [1.82, 2.24) is 0 Å². The molecule has 3 spiro atoms. The third-order valence-corrected chi connectivity index (χ3v) is 38.5. The van der Waals surface area contributed by atoms with Gasteiger partial charge in [0.05, 0.1) is 5.69 Å². The first-order chi connectivity index (χ1) is 72.7. The summed E-state index contributed by atoms with van der Waals surface area (Å²) in [7, 11) is 0. The average molecular weight is 1890 g/mol. The normalized spacial score (nSPS) is 24.3. The van der Waals surface area contributed by atoms with E-state index in [0.717, 1.165) is 71.0 Å². The quantitative estimate of drug-likeness (QED) is 0.107. The van der Waals surface area contributed by atoms with Crippen molar-refractivity contribution in [2.24, 2.45) is 71.0 Å². The van der Waals surface area contributed by atoms with Crippen LogP contribution in [-0.2, 0) is 16.2 Å². The van der Waals surface area contributed by atoms with Crippen LogP contribution in [-0.4, -0.2) is 0 Å². The molecule has 35 rings (SSSR count). The monoisotopic (exact) mass is 1890 g/mol. The Morgan fingerprint density at radius 2 is 0.381 bits per heavy atom. The minimum absolute atomic E-state index is 0.115. The van der Waals surface area contributed by atoms with Gasteiger partial charge in [0.15, 0.2) is 0 Å². The summed E-state index contributed by atoms with van der Waals surface area (Å²) < 4.78 is 0. The Morgan fingerprint density at radius 3 is 0.755 bits per heavy atom. The van der Waals surface area contributed by atoms with Crippen molar-refractivity contribution < 1.29 is 0 Å². The average Bonchev–Trinajstić information content (AvgIpc) is 1.53. The molecular weight excluding hydrogens is 1770 g/mol. The highest BCUT2D eigenvalue weighted by atomic mass is 15.2. The van der Waals surface area contributed by atoms with Gasteiger partial charge in [0.1, 0.15) is 0 Å². The Hall–Kier alpha value is -15.4. The van der Waals surface area contributed by atoms with Gasteiger partial charge in [0.2, 0.25) is 0 Å². The zero-order valence-electron chi connectivity index (χ0n) is 83.3. The molecule has 0 unspecified atom stereocenters. The van der Waals surface area contributed by atoms with Crippen LogP contribution in [0.5, 0.6) is 0 Å². The molecule has 147 heavy (non-hydrogen) atoms. The van der Waals surface area contributed by atoms with E-state index < -0.39 is 0 Å². The van der Waals surface area contributed by atoms with Gasteiger partial charge in [-0.25, -0.2) is 0 Å². The first-order valence-electron chi connectivity index (χ1n) is 55.0. The second-order valence-electron chi connectivity index (χ2n) is 45.8. The summed E-state index contributed by atoms with van der Waals surface area (Å²) in [5, 5.41) is 7.60. The van der Waals surface area contributed by atoms with Crippen molar-refractivity contribution in [1.29, 1.82) is 0 Å². The van der Waals surface area contributed by atoms with Gasteiger partial charge in [-0.2, -0.15) is 0 Å².